The van der Waals surface area contributed by atoms with Gasteiger partial charge in [0.05, 0.1) is 6.61 Å². The molecule has 0 saturated heterocycles. The van der Waals surface area contributed by atoms with E-state index >= 15 is 0 Å². The van der Waals surface area contributed by atoms with E-state index in [1.807, 2.05) is 25.1 Å². The molecule has 0 radical (unpaired) electrons. The minimum atomic E-state index is 0.187. The van der Waals surface area contributed by atoms with Crippen LogP contribution in [0.5, 0.6) is 11.5 Å². The maximum Gasteiger partial charge on any atom is 0.167 e. The number of aliphatic hydroxyl groups excluding tert-OH is 1. The van der Waals surface area contributed by atoms with E-state index in [1.165, 1.54) is 0 Å². The summed E-state index contributed by atoms with van der Waals surface area (Å²) in [5.74, 6) is 3.86. The van der Waals surface area contributed by atoms with Crippen molar-refractivity contribution >= 4 is 0 Å². The Hall–Kier alpha value is -1.70. The van der Waals surface area contributed by atoms with Crippen LogP contribution in [0.4, 0.5) is 0 Å². The molecule has 0 fully saturated rings. The summed E-state index contributed by atoms with van der Waals surface area (Å²) in [6.45, 7) is 4.32. The lowest BCUT2D eigenvalue weighted by atomic mass is 10.2. The van der Waals surface area contributed by atoms with Gasteiger partial charge in [0, 0.05) is 18.7 Å². The standard InChI is InChI=1S/C15H21NO3/c1-3-11-19-15-13(12-16-9-6-10-17)7-5-8-14(15)18-4-2/h1,5,7-8,16-17H,4,6,9-12H2,2H3. The number of benzene rings is 1. The summed E-state index contributed by atoms with van der Waals surface area (Å²) in [7, 11) is 0. The molecule has 1 aromatic carbocycles. The van der Waals surface area contributed by atoms with E-state index < -0.39 is 0 Å². The minimum Gasteiger partial charge on any atom is -0.490 e. The van der Waals surface area contributed by atoms with Crippen molar-refractivity contribution in [3.05, 3.63) is 23.8 Å². The lowest BCUT2D eigenvalue weighted by Crippen LogP contribution is -2.16. The van der Waals surface area contributed by atoms with Gasteiger partial charge in [-0.05, 0) is 26.0 Å². The second kappa shape index (κ2) is 9.26. The number of hydrogen-bond donors (Lipinski definition) is 2. The summed E-state index contributed by atoms with van der Waals surface area (Å²) in [5, 5.41) is 12.0. The molecule has 0 unspecified atom stereocenters. The molecule has 0 atom stereocenters. The molecule has 0 aliphatic rings. The molecular formula is C15H21NO3. The second-order valence-electron chi connectivity index (χ2n) is 3.92. The molecule has 0 aromatic heterocycles. The Morgan fingerprint density at radius 2 is 2.21 bits per heavy atom. The third kappa shape index (κ3) is 5.21. The van der Waals surface area contributed by atoms with Gasteiger partial charge in [-0.1, -0.05) is 18.1 Å². The number of aliphatic hydroxyl groups is 1. The largest absolute Gasteiger partial charge is 0.490 e. The van der Waals surface area contributed by atoms with E-state index in [0.29, 0.717) is 24.7 Å². The average molecular weight is 263 g/mol. The van der Waals surface area contributed by atoms with Crippen molar-refractivity contribution in [3.8, 4) is 23.8 Å². The van der Waals surface area contributed by atoms with Gasteiger partial charge in [0.15, 0.2) is 11.5 Å². The van der Waals surface area contributed by atoms with E-state index in [0.717, 1.165) is 18.5 Å². The monoisotopic (exact) mass is 263 g/mol. The molecule has 2 N–H and O–H groups in total. The van der Waals surface area contributed by atoms with Crippen LogP contribution in [0.15, 0.2) is 18.2 Å². The summed E-state index contributed by atoms with van der Waals surface area (Å²) >= 11 is 0. The molecule has 19 heavy (non-hydrogen) atoms. The van der Waals surface area contributed by atoms with Gasteiger partial charge in [-0.15, -0.1) is 6.42 Å². The predicted octanol–water partition coefficient (Wildman–Crippen LogP) is 1.57. The van der Waals surface area contributed by atoms with Gasteiger partial charge in [0.1, 0.15) is 6.61 Å². The third-order valence-electron chi connectivity index (χ3n) is 2.49. The van der Waals surface area contributed by atoms with Crippen LogP contribution in [-0.4, -0.2) is 31.5 Å². The fourth-order valence-electron chi connectivity index (χ4n) is 1.67. The van der Waals surface area contributed by atoms with Crippen molar-refractivity contribution < 1.29 is 14.6 Å². The van der Waals surface area contributed by atoms with Crippen molar-refractivity contribution in [2.24, 2.45) is 0 Å². The van der Waals surface area contributed by atoms with Crippen LogP contribution < -0.4 is 14.8 Å². The SMILES string of the molecule is C#CCOc1c(CNCCCO)cccc1OCC. The zero-order chi connectivity index (χ0) is 13.9. The molecule has 1 aromatic rings. The fourth-order valence-corrected chi connectivity index (χ4v) is 1.67. The Bertz CT molecular complexity index is 412. The van der Waals surface area contributed by atoms with Crippen LogP contribution in [0.3, 0.4) is 0 Å². The first-order valence-electron chi connectivity index (χ1n) is 6.46. The van der Waals surface area contributed by atoms with Gasteiger partial charge in [-0.25, -0.2) is 0 Å². The van der Waals surface area contributed by atoms with Gasteiger partial charge in [-0.3, -0.25) is 0 Å². The van der Waals surface area contributed by atoms with Crippen LogP contribution in [0.25, 0.3) is 0 Å². The van der Waals surface area contributed by atoms with Crippen LogP contribution in [-0.2, 0) is 6.54 Å². The molecule has 0 spiro atoms. The third-order valence-corrected chi connectivity index (χ3v) is 2.49. The first-order valence-corrected chi connectivity index (χ1v) is 6.46. The molecule has 0 saturated carbocycles. The number of para-hydroxylation sites is 1. The van der Waals surface area contributed by atoms with Crippen molar-refractivity contribution in [2.45, 2.75) is 19.9 Å². The molecule has 0 heterocycles. The Morgan fingerprint density at radius 1 is 1.37 bits per heavy atom. The highest BCUT2D eigenvalue weighted by atomic mass is 16.5. The first-order chi connectivity index (χ1) is 9.33. The van der Waals surface area contributed by atoms with Crippen molar-refractivity contribution in [1.29, 1.82) is 0 Å². The average Bonchev–Trinajstić information content (AvgIpc) is 2.43. The van der Waals surface area contributed by atoms with Gasteiger partial charge in [0.2, 0.25) is 0 Å². The maximum atomic E-state index is 8.74. The van der Waals surface area contributed by atoms with Crippen molar-refractivity contribution in [2.75, 3.05) is 26.4 Å². The van der Waals surface area contributed by atoms with Gasteiger partial charge in [0.25, 0.3) is 0 Å². The zero-order valence-corrected chi connectivity index (χ0v) is 11.3. The number of ether oxygens (including phenoxy) is 2. The zero-order valence-electron chi connectivity index (χ0n) is 11.3. The van der Waals surface area contributed by atoms with Crippen LogP contribution in [0, 0.1) is 12.3 Å². The highest BCUT2D eigenvalue weighted by Crippen LogP contribution is 2.31. The molecule has 4 heteroatoms. The lowest BCUT2D eigenvalue weighted by molar-refractivity contribution is 0.284. The topological polar surface area (TPSA) is 50.7 Å². The van der Waals surface area contributed by atoms with E-state index in [2.05, 4.69) is 11.2 Å². The quantitative estimate of drug-likeness (QED) is 0.524. The van der Waals surface area contributed by atoms with Crippen LogP contribution in [0.2, 0.25) is 0 Å². The number of hydrogen-bond acceptors (Lipinski definition) is 4. The Morgan fingerprint density at radius 3 is 2.89 bits per heavy atom. The summed E-state index contributed by atoms with van der Waals surface area (Å²) in [6, 6.07) is 5.77. The Balaban J connectivity index is 2.76. The molecule has 4 nitrogen and oxygen atoms in total. The number of rotatable bonds is 9. The lowest BCUT2D eigenvalue weighted by Gasteiger charge is -2.15. The van der Waals surface area contributed by atoms with E-state index in [-0.39, 0.29) is 13.2 Å². The molecule has 0 bridgehead atoms. The minimum absolute atomic E-state index is 0.187. The highest BCUT2D eigenvalue weighted by molar-refractivity contribution is 5.46. The Labute approximate surface area is 114 Å². The molecule has 0 aliphatic heterocycles. The Kier molecular flexibility index (Phi) is 7.48. The molecule has 1 rings (SSSR count). The van der Waals surface area contributed by atoms with Gasteiger partial charge >= 0.3 is 0 Å². The van der Waals surface area contributed by atoms with Crippen molar-refractivity contribution in [3.63, 3.8) is 0 Å². The highest BCUT2D eigenvalue weighted by Gasteiger charge is 2.10. The summed E-state index contributed by atoms with van der Waals surface area (Å²) in [5.41, 5.74) is 0.999. The number of nitrogens with one attached hydrogen (secondary N) is 1. The predicted molar refractivity (Wildman–Crippen MR) is 75.3 cm³/mol. The number of terminal acetylenes is 1. The second-order valence-corrected chi connectivity index (χ2v) is 3.92. The summed E-state index contributed by atoms with van der Waals surface area (Å²) in [4.78, 5) is 0. The first kappa shape index (κ1) is 15.4. The fraction of sp³-hybridized carbons (Fsp3) is 0.467. The normalized spacial score (nSPS) is 9.95. The van der Waals surface area contributed by atoms with Gasteiger partial charge < -0.3 is 19.9 Å². The van der Waals surface area contributed by atoms with Gasteiger partial charge in [-0.2, -0.15) is 0 Å². The van der Waals surface area contributed by atoms with E-state index in [4.69, 9.17) is 21.0 Å². The molecule has 104 valence electrons. The van der Waals surface area contributed by atoms with Crippen molar-refractivity contribution in [1.82, 2.24) is 5.32 Å². The van der Waals surface area contributed by atoms with Crippen LogP contribution in [0.1, 0.15) is 18.9 Å². The van der Waals surface area contributed by atoms with E-state index in [9.17, 15) is 0 Å². The summed E-state index contributed by atoms with van der Waals surface area (Å²) < 4.78 is 11.1. The maximum absolute atomic E-state index is 8.74. The van der Waals surface area contributed by atoms with E-state index in [1.54, 1.807) is 0 Å². The molecule has 0 amide bonds. The summed E-state index contributed by atoms with van der Waals surface area (Å²) in [6.07, 6.45) is 5.96. The van der Waals surface area contributed by atoms with Crippen LogP contribution >= 0.6 is 0 Å². The molecular weight excluding hydrogens is 242 g/mol. The molecule has 0 aliphatic carbocycles. The smallest absolute Gasteiger partial charge is 0.167 e.